The summed E-state index contributed by atoms with van der Waals surface area (Å²) < 4.78 is 11.7. The molecular formula is C17H18INO3. The van der Waals surface area contributed by atoms with Gasteiger partial charge in [-0.1, -0.05) is 6.92 Å². The quantitative estimate of drug-likeness (QED) is 0.735. The van der Waals surface area contributed by atoms with Crippen LogP contribution < -0.4 is 14.8 Å². The molecule has 0 saturated carbocycles. The van der Waals surface area contributed by atoms with Crippen molar-refractivity contribution in [2.75, 3.05) is 19.0 Å². The average Bonchev–Trinajstić information content (AvgIpc) is 2.55. The second-order valence-corrected chi connectivity index (χ2v) is 5.91. The maximum Gasteiger partial charge on any atom is 0.262 e. The number of carbonyl (C=O) groups is 1. The lowest BCUT2D eigenvalue weighted by atomic mass is 10.1. The van der Waals surface area contributed by atoms with Gasteiger partial charge >= 0.3 is 0 Å². The van der Waals surface area contributed by atoms with E-state index in [1.54, 1.807) is 31.4 Å². The summed E-state index contributed by atoms with van der Waals surface area (Å²) in [6, 6.07) is 13.1. The van der Waals surface area contributed by atoms with Gasteiger partial charge in [-0.3, -0.25) is 4.79 Å². The number of rotatable bonds is 6. The van der Waals surface area contributed by atoms with E-state index < -0.39 is 0 Å². The number of hydrogen-bond acceptors (Lipinski definition) is 3. The third-order valence-corrected chi connectivity index (χ3v) is 3.82. The summed E-state index contributed by atoms with van der Waals surface area (Å²) in [5, 5.41) is 2.89. The topological polar surface area (TPSA) is 47.6 Å². The van der Waals surface area contributed by atoms with Crippen LogP contribution in [-0.2, 0) is 11.2 Å². The molecule has 2 rings (SSSR count). The Morgan fingerprint density at radius 3 is 2.45 bits per heavy atom. The molecule has 1 N–H and O–H groups in total. The van der Waals surface area contributed by atoms with Gasteiger partial charge in [-0.05, 0) is 77.0 Å². The molecule has 0 saturated heterocycles. The van der Waals surface area contributed by atoms with Crippen LogP contribution in [0.2, 0.25) is 0 Å². The van der Waals surface area contributed by atoms with Crippen LogP contribution in [0.3, 0.4) is 0 Å². The van der Waals surface area contributed by atoms with E-state index in [4.69, 9.17) is 9.47 Å². The van der Waals surface area contributed by atoms with E-state index in [2.05, 4.69) is 40.9 Å². The zero-order valence-corrected chi connectivity index (χ0v) is 14.7. The van der Waals surface area contributed by atoms with Crippen LogP contribution in [0.1, 0.15) is 12.5 Å². The predicted octanol–water partition coefficient (Wildman–Crippen LogP) is 3.88. The number of benzene rings is 2. The van der Waals surface area contributed by atoms with Gasteiger partial charge in [0.1, 0.15) is 11.5 Å². The molecule has 0 radical (unpaired) electrons. The number of carbonyl (C=O) groups excluding carboxylic acids is 1. The standard InChI is InChI=1S/C17H18INO3/c1-3-12-10-13(18)4-9-16(12)19-17(20)11-22-15-7-5-14(21-2)6-8-15/h4-10H,3,11H2,1-2H3,(H,19,20). The molecule has 0 aliphatic rings. The van der Waals surface area contributed by atoms with Gasteiger partial charge in [0.15, 0.2) is 6.61 Å². The molecule has 0 aliphatic carbocycles. The molecule has 22 heavy (non-hydrogen) atoms. The molecule has 0 bridgehead atoms. The van der Waals surface area contributed by atoms with Crippen molar-refractivity contribution >= 4 is 34.2 Å². The van der Waals surface area contributed by atoms with Gasteiger partial charge in [0.05, 0.1) is 7.11 Å². The van der Waals surface area contributed by atoms with Crippen LogP contribution in [-0.4, -0.2) is 19.6 Å². The van der Waals surface area contributed by atoms with Crippen molar-refractivity contribution in [1.82, 2.24) is 0 Å². The Bertz CT molecular complexity index is 641. The minimum atomic E-state index is -0.174. The molecule has 0 fully saturated rings. The van der Waals surface area contributed by atoms with Crippen LogP contribution in [0.4, 0.5) is 5.69 Å². The maximum atomic E-state index is 12.0. The van der Waals surface area contributed by atoms with E-state index >= 15 is 0 Å². The van der Waals surface area contributed by atoms with Crippen molar-refractivity contribution in [2.24, 2.45) is 0 Å². The first-order chi connectivity index (χ1) is 10.6. The van der Waals surface area contributed by atoms with Crippen LogP contribution in [0.15, 0.2) is 42.5 Å². The third kappa shape index (κ3) is 4.62. The second kappa shape index (κ2) is 8.03. The van der Waals surface area contributed by atoms with Crippen molar-refractivity contribution in [2.45, 2.75) is 13.3 Å². The largest absolute Gasteiger partial charge is 0.497 e. The molecule has 0 atom stereocenters. The zero-order chi connectivity index (χ0) is 15.9. The van der Waals surface area contributed by atoms with Crippen molar-refractivity contribution in [3.8, 4) is 11.5 Å². The van der Waals surface area contributed by atoms with Crippen molar-refractivity contribution < 1.29 is 14.3 Å². The van der Waals surface area contributed by atoms with Crippen LogP contribution in [0, 0.1) is 3.57 Å². The summed E-state index contributed by atoms with van der Waals surface area (Å²) >= 11 is 2.26. The Kier molecular flexibility index (Phi) is 6.06. The number of nitrogens with one attached hydrogen (secondary N) is 1. The maximum absolute atomic E-state index is 12.0. The highest BCUT2D eigenvalue weighted by Crippen LogP contribution is 2.20. The monoisotopic (exact) mass is 411 g/mol. The van der Waals surface area contributed by atoms with E-state index in [0.29, 0.717) is 5.75 Å². The summed E-state index contributed by atoms with van der Waals surface area (Å²) in [4.78, 5) is 12.0. The summed E-state index contributed by atoms with van der Waals surface area (Å²) in [7, 11) is 1.61. The Hall–Kier alpha value is -1.76. The van der Waals surface area contributed by atoms with Gasteiger partial charge in [0.25, 0.3) is 5.91 Å². The molecule has 5 heteroatoms. The summed E-state index contributed by atoms with van der Waals surface area (Å²) in [5.41, 5.74) is 1.95. The number of hydrogen-bond donors (Lipinski definition) is 1. The van der Waals surface area contributed by atoms with E-state index in [-0.39, 0.29) is 12.5 Å². The highest BCUT2D eigenvalue weighted by atomic mass is 127. The molecule has 2 aromatic rings. The first kappa shape index (κ1) is 16.6. The Morgan fingerprint density at radius 2 is 1.82 bits per heavy atom. The van der Waals surface area contributed by atoms with Crippen LogP contribution >= 0.6 is 22.6 Å². The zero-order valence-electron chi connectivity index (χ0n) is 12.6. The molecule has 116 valence electrons. The van der Waals surface area contributed by atoms with Crippen LogP contribution in [0.25, 0.3) is 0 Å². The van der Waals surface area contributed by atoms with Crippen molar-refractivity contribution in [3.63, 3.8) is 0 Å². The molecule has 0 heterocycles. The van der Waals surface area contributed by atoms with Gasteiger partial charge in [0, 0.05) is 9.26 Å². The highest BCUT2D eigenvalue weighted by Gasteiger charge is 2.07. The summed E-state index contributed by atoms with van der Waals surface area (Å²) in [5.74, 6) is 1.21. The Labute approximate surface area is 144 Å². The predicted molar refractivity (Wildman–Crippen MR) is 95.7 cm³/mol. The number of halogens is 1. The lowest BCUT2D eigenvalue weighted by Crippen LogP contribution is -2.20. The average molecular weight is 411 g/mol. The molecule has 1 amide bonds. The fraction of sp³-hybridized carbons (Fsp3) is 0.235. The number of aryl methyl sites for hydroxylation is 1. The van der Waals surface area contributed by atoms with Gasteiger partial charge in [-0.2, -0.15) is 0 Å². The lowest BCUT2D eigenvalue weighted by molar-refractivity contribution is -0.118. The Morgan fingerprint density at radius 1 is 1.14 bits per heavy atom. The fourth-order valence-corrected chi connectivity index (χ4v) is 2.54. The summed E-state index contributed by atoms with van der Waals surface area (Å²) in [6.07, 6.45) is 0.867. The minimum Gasteiger partial charge on any atom is -0.497 e. The van der Waals surface area contributed by atoms with E-state index in [1.807, 2.05) is 12.1 Å². The van der Waals surface area contributed by atoms with Gasteiger partial charge in [0.2, 0.25) is 0 Å². The molecule has 0 aromatic heterocycles. The number of anilines is 1. The molecule has 2 aromatic carbocycles. The number of methoxy groups -OCH3 is 1. The molecular weight excluding hydrogens is 393 g/mol. The van der Waals surface area contributed by atoms with E-state index in [9.17, 15) is 4.79 Å². The summed E-state index contributed by atoms with van der Waals surface area (Å²) in [6.45, 7) is 2.04. The van der Waals surface area contributed by atoms with E-state index in [1.165, 1.54) is 0 Å². The van der Waals surface area contributed by atoms with Gasteiger partial charge < -0.3 is 14.8 Å². The van der Waals surface area contributed by atoms with Gasteiger partial charge in [-0.15, -0.1) is 0 Å². The first-order valence-electron chi connectivity index (χ1n) is 6.97. The van der Waals surface area contributed by atoms with Crippen molar-refractivity contribution in [1.29, 1.82) is 0 Å². The highest BCUT2D eigenvalue weighted by molar-refractivity contribution is 14.1. The number of amides is 1. The van der Waals surface area contributed by atoms with E-state index in [0.717, 1.165) is 27.0 Å². The fourth-order valence-electron chi connectivity index (χ4n) is 1.98. The lowest BCUT2D eigenvalue weighted by Gasteiger charge is -2.11. The van der Waals surface area contributed by atoms with Gasteiger partial charge in [-0.25, -0.2) is 0 Å². The second-order valence-electron chi connectivity index (χ2n) is 4.67. The molecule has 0 aliphatic heterocycles. The smallest absolute Gasteiger partial charge is 0.262 e. The van der Waals surface area contributed by atoms with Crippen molar-refractivity contribution in [3.05, 3.63) is 51.6 Å². The SMILES string of the molecule is CCc1cc(I)ccc1NC(=O)COc1ccc(OC)cc1. The number of ether oxygens (including phenoxy) is 2. The normalized spacial score (nSPS) is 10.1. The third-order valence-electron chi connectivity index (χ3n) is 3.15. The molecule has 0 spiro atoms. The first-order valence-corrected chi connectivity index (χ1v) is 8.05. The molecule has 4 nitrogen and oxygen atoms in total. The van der Waals surface area contributed by atoms with Crippen LogP contribution in [0.5, 0.6) is 11.5 Å². The minimum absolute atomic E-state index is 0.0263. The molecule has 0 unspecified atom stereocenters. The Balaban J connectivity index is 1.92.